The first kappa shape index (κ1) is 16.0. The summed E-state index contributed by atoms with van der Waals surface area (Å²) in [4.78, 5) is 16.2. The van der Waals surface area contributed by atoms with Gasteiger partial charge in [0, 0.05) is 24.9 Å². The van der Waals surface area contributed by atoms with Crippen molar-refractivity contribution in [3.8, 4) is 11.8 Å². The minimum Gasteiger partial charge on any atom is -0.423 e. The van der Waals surface area contributed by atoms with Gasteiger partial charge in [0.1, 0.15) is 11.8 Å². The molecule has 1 N–H and O–H groups in total. The van der Waals surface area contributed by atoms with E-state index in [0.717, 1.165) is 5.69 Å². The number of aliphatic hydroxyl groups is 1. The van der Waals surface area contributed by atoms with E-state index in [2.05, 4.69) is 4.98 Å². The molecule has 0 saturated carbocycles. The van der Waals surface area contributed by atoms with Gasteiger partial charge >= 0.3 is 5.97 Å². The van der Waals surface area contributed by atoms with Crippen LogP contribution in [0.1, 0.15) is 24.2 Å². The van der Waals surface area contributed by atoms with Gasteiger partial charge < -0.3 is 14.4 Å². The van der Waals surface area contributed by atoms with E-state index < -0.39 is 12.0 Å². The van der Waals surface area contributed by atoms with Gasteiger partial charge in [-0.2, -0.15) is 5.26 Å². The number of aliphatic hydroxyl groups excluding tert-OH is 1. The Hall–Kier alpha value is -2.36. The molecule has 0 fully saturated rings. The Labute approximate surface area is 132 Å². The lowest BCUT2D eigenvalue weighted by Gasteiger charge is -2.15. The number of imidazole rings is 1. The number of nitriles is 1. The van der Waals surface area contributed by atoms with Gasteiger partial charge in [0.05, 0.1) is 23.0 Å². The number of rotatable bonds is 5. The summed E-state index contributed by atoms with van der Waals surface area (Å²) in [5.74, 6) is -0.315. The van der Waals surface area contributed by atoms with E-state index in [-0.39, 0.29) is 17.4 Å². The molecule has 0 bridgehead atoms. The second-order valence-corrected chi connectivity index (χ2v) is 5.03. The molecule has 0 aliphatic rings. The number of nitrogens with zero attached hydrogens (tertiary/aromatic N) is 3. The van der Waals surface area contributed by atoms with Crippen LogP contribution in [-0.4, -0.2) is 27.2 Å². The Morgan fingerprint density at radius 1 is 1.59 bits per heavy atom. The molecule has 22 heavy (non-hydrogen) atoms. The van der Waals surface area contributed by atoms with Gasteiger partial charge in [-0.15, -0.1) is 0 Å². The molecule has 2 rings (SSSR count). The fourth-order valence-corrected chi connectivity index (χ4v) is 2.17. The number of carbonyl (C=O) groups is 1. The second kappa shape index (κ2) is 7.07. The van der Waals surface area contributed by atoms with Crippen molar-refractivity contribution in [2.75, 3.05) is 6.61 Å². The van der Waals surface area contributed by atoms with Crippen molar-refractivity contribution in [2.45, 2.75) is 19.4 Å². The lowest BCUT2D eigenvalue weighted by Crippen LogP contribution is -2.23. The highest BCUT2D eigenvalue weighted by Crippen LogP contribution is 2.26. The molecule has 0 spiro atoms. The smallest absolute Gasteiger partial charge is 0.334 e. The third-order valence-electron chi connectivity index (χ3n) is 3.14. The summed E-state index contributed by atoms with van der Waals surface area (Å²) in [6.07, 6.45) is 3.50. The van der Waals surface area contributed by atoms with Crippen molar-refractivity contribution in [2.24, 2.45) is 0 Å². The summed E-state index contributed by atoms with van der Waals surface area (Å²) in [6.45, 7) is 1.64. The lowest BCUT2D eigenvalue weighted by atomic mass is 10.2. The number of hydrogen-bond acceptors (Lipinski definition) is 5. The van der Waals surface area contributed by atoms with Crippen LogP contribution in [0.2, 0.25) is 5.02 Å². The quantitative estimate of drug-likeness (QED) is 0.673. The van der Waals surface area contributed by atoms with E-state index in [4.69, 9.17) is 26.7 Å². The summed E-state index contributed by atoms with van der Waals surface area (Å²) in [5.41, 5.74) is 1.12. The van der Waals surface area contributed by atoms with E-state index in [1.807, 2.05) is 6.07 Å². The largest absolute Gasteiger partial charge is 0.423 e. The number of esters is 1. The van der Waals surface area contributed by atoms with Crippen LogP contribution < -0.4 is 4.74 Å². The number of hydrogen-bond donors (Lipinski definition) is 1. The van der Waals surface area contributed by atoms with Gasteiger partial charge in [0.2, 0.25) is 0 Å². The molecule has 0 aliphatic carbocycles. The number of carbonyl (C=O) groups excluding carboxylic acids is 1. The number of benzene rings is 1. The molecule has 1 atom stereocenters. The Morgan fingerprint density at radius 3 is 3.00 bits per heavy atom. The number of halogens is 1. The van der Waals surface area contributed by atoms with Crippen LogP contribution in [-0.2, 0) is 11.2 Å². The average Bonchev–Trinajstić information content (AvgIpc) is 2.97. The molecule has 0 amide bonds. The van der Waals surface area contributed by atoms with Crippen molar-refractivity contribution in [3.05, 3.63) is 47.0 Å². The van der Waals surface area contributed by atoms with Gasteiger partial charge in [0.25, 0.3) is 0 Å². The van der Waals surface area contributed by atoms with E-state index in [0.29, 0.717) is 12.0 Å². The standard InChI is InChI=1S/C15H14ClN3O3/c1-10(19-9-18-8-12(19)4-5-20)15(21)22-14-3-2-11(7-17)6-13(14)16/h2-3,6,8-10,20H,4-5H2,1H3. The highest BCUT2D eigenvalue weighted by molar-refractivity contribution is 6.32. The highest BCUT2D eigenvalue weighted by Gasteiger charge is 2.20. The van der Waals surface area contributed by atoms with Crippen LogP contribution in [0.25, 0.3) is 0 Å². The molecule has 1 heterocycles. The predicted octanol–water partition coefficient (Wildman–Crippen LogP) is 2.11. The summed E-state index contributed by atoms with van der Waals surface area (Å²) in [6, 6.07) is 5.77. The average molecular weight is 320 g/mol. The van der Waals surface area contributed by atoms with Crippen LogP contribution in [0.4, 0.5) is 0 Å². The van der Waals surface area contributed by atoms with E-state index >= 15 is 0 Å². The van der Waals surface area contributed by atoms with Crippen molar-refractivity contribution < 1.29 is 14.6 Å². The fraction of sp³-hybridized carbons (Fsp3) is 0.267. The fourth-order valence-electron chi connectivity index (χ4n) is 1.95. The first-order valence-corrected chi connectivity index (χ1v) is 6.97. The van der Waals surface area contributed by atoms with Crippen molar-refractivity contribution >= 4 is 17.6 Å². The summed E-state index contributed by atoms with van der Waals surface area (Å²) in [5, 5.41) is 18.0. The Morgan fingerprint density at radius 2 is 2.36 bits per heavy atom. The molecule has 1 unspecified atom stereocenters. The van der Waals surface area contributed by atoms with Gasteiger partial charge in [-0.25, -0.2) is 9.78 Å². The lowest BCUT2D eigenvalue weighted by molar-refractivity contribution is -0.137. The maximum atomic E-state index is 12.2. The predicted molar refractivity (Wildman–Crippen MR) is 79.5 cm³/mol. The van der Waals surface area contributed by atoms with Gasteiger partial charge in [-0.3, -0.25) is 0 Å². The van der Waals surface area contributed by atoms with Crippen LogP contribution >= 0.6 is 11.6 Å². The van der Waals surface area contributed by atoms with Crippen LogP contribution in [0.3, 0.4) is 0 Å². The number of ether oxygens (including phenoxy) is 1. The molecule has 1 aromatic heterocycles. The van der Waals surface area contributed by atoms with Crippen molar-refractivity contribution in [1.29, 1.82) is 5.26 Å². The zero-order chi connectivity index (χ0) is 16.1. The SMILES string of the molecule is CC(C(=O)Oc1ccc(C#N)cc1Cl)n1cncc1CCO. The molecule has 0 saturated heterocycles. The van der Waals surface area contributed by atoms with Gasteiger partial charge in [-0.05, 0) is 25.1 Å². The zero-order valence-electron chi connectivity index (χ0n) is 11.9. The molecule has 7 heteroatoms. The van der Waals surface area contributed by atoms with E-state index in [1.54, 1.807) is 17.7 Å². The Bertz CT molecular complexity index is 721. The molecule has 0 radical (unpaired) electrons. The summed E-state index contributed by atoms with van der Waals surface area (Å²) < 4.78 is 6.91. The van der Waals surface area contributed by atoms with E-state index in [9.17, 15) is 4.79 Å². The maximum Gasteiger partial charge on any atom is 0.334 e. The summed E-state index contributed by atoms with van der Waals surface area (Å²) in [7, 11) is 0. The van der Waals surface area contributed by atoms with Crippen molar-refractivity contribution in [3.63, 3.8) is 0 Å². The van der Waals surface area contributed by atoms with Crippen LogP contribution in [0.15, 0.2) is 30.7 Å². The molecule has 114 valence electrons. The Kier molecular flexibility index (Phi) is 5.15. The van der Waals surface area contributed by atoms with Crippen molar-refractivity contribution in [1.82, 2.24) is 9.55 Å². The summed E-state index contributed by atoms with van der Waals surface area (Å²) >= 11 is 5.98. The highest BCUT2D eigenvalue weighted by atomic mass is 35.5. The number of aromatic nitrogens is 2. The normalized spacial score (nSPS) is 11.7. The zero-order valence-corrected chi connectivity index (χ0v) is 12.6. The maximum absolute atomic E-state index is 12.2. The Balaban J connectivity index is 2.15. The third kappa shape index (κ3) is 3.45. The molecule has 6 nitrogen and oxygen atoms in total. The monoisotopic (exact) mass is 319 g/mol. The molecule has 0 aliphatic heterocycles. The first-order valence-electron chi connectivity index (χ1n) is 6.59. The minimum atomic E-state index is -0.615. The van der Waals surface area contributed by atoms with Crippen LogP contribution in [0.5, 0.6) is 5.75 Å². The van der Waals surface area contributed by atoms with Gasteiger partial charge in [-0.1, -0.05) is 11.6 Å². The first-order chi connectivity index (χ1) is 10.6. The molecular formula is C15H14ClN3O3. The van der Waals surface area contributed by atoms with E-state index in [1.165, 1.54) is 24.5 Å². The topological polar surface area (TPSA) is 88.1 Å². The molecular weight excluding hydrogens is 306 g/mol. The molecule has 1 aromatic carbocycles. The minimum absolute atomic E-state index is 0.0328. The van der Waals surface area contributed by atoms with Crippen LogP contribution in [0, 0.1) is 11.3 Å². The second-order valence-electron chi connectivity index (χ2n) is 4.62. The third-order valence-corrected chi connectivity index (χ3v) is 3.44. The molecule has 2 aromatic rings. The van der Waals surface area contributed by atoms with Gasteiger partial charge in [0.15, 0.2) is 0 Å².